The highest BCUT2D eigenvalue weighted by molar-refractivity contribution is 5.83. The molecule has 1 saturated heterocycles. The molecule has 6 heteroatoms. The molecule has 1 aliphatic rings. The van der Waals surface area contributed by atoms with Gasteiger partial charge in [0.15, 0.2) is 5.82 Å². The van der Waals surface area contributed by atoms with E-state index < -0.39 is 0 Å². The first-order valence-electron chi connectivity index (χ1n) is 10.5. The number of aromatic nitrogens is 2. The molecule has 0 spiro atoms. The van der Waals surface area contributed by atoms with Crippen molar-refractivity contribution >= 4 is 5.91 Å². The number of carbonyl (C=O) groups is 1. The Bertz CT molecular complexity index is 978. The van der Waals surface area contributed by atoms with E-state index in [0.29, 0.717) is 5.89 Å². The van der Waals surface area contributed by atoms with Gasteiger partial charge in [-0.3, -0.25) is 4.79 Å². The van der Waals surface area contributed by atoms with Gasteiger partial charge in [-0.1, -0.05) is 48.5 Å². The molecular weight excluding hydrogens is 378 g/mol. The maximum absolute atomic E-state index is 13.1. The van der Waals surface area contributed by atoms with Crippen LogP contribution in [0.15, 0.2) is 59.1 Å². The average molecular weight is 405 g/mol. The summed E-state index contributed by atoms with van der Waals surface area (Å²) in [5.74, 6) is 2.31. The van der Waals surface area contributed by atoms with E-state index in [9.17, 15) is 4.79 Å². The molecule has 0 saturated carbocycles. The van der Waals surface area contributed by atoms with E-state index >= 15 is 0 Å². The molecule has 2 aromatic carbocycles. The monoisotopic (exact) mass is 405 g/mol. The topological polar surface area (TPSA) is 68.5 Å². The highest BCUT2D eigenvalue weighted by Gasteiger charge is 2.30. The summed E-state index contributed by atoms with van der Waals surface area (Å²) in [6.45, 7) is 3.51. The molecule has 4 rings (SSSR count). The fourth-order valence-corrected chi connectivity index (χ4v) is 4.09. The van der Waals surface area contributed by atoms with Crippen LogP contribution in [-0.2, 0) is 4.79 Å². The van der Waals surface area contributed by atoms with E-state index in [2.05, 4.69) is 17.1 Å². The molecule has 1 aromatic heterocycles. The smallest absolute Gasteiger partial charge is 0.258 e. The van der Waals surface area contributed by atoms with Crippen molar-refractivity contribution in [3.05, 3.63) is 66.0 Å². The van der Waals surface area contributed by atoms with Crippen molar-refractivity contribution in [3.8, 4) is 17.2 Å². The quantitative estimate of drug-likeness (QED) is 0.597. The van der Waals surface area contributed by atoms with E-state index in [0.717, 1.165) is 55.1 Å². The van der Waals surface area contributed by atoms with Gasteiger partial charge < -0.3 is 14.2 Å². The predicted molar refractivity (Wildman–Crippen MR) is 114 cm³/mol. The molecule has 1 fully saturated rings. The minimum atomic E-state index is -0.0763. The van der Waals surface area contributed by atoms with Crippen molar-refractivity contribution in [2.75, 3.05) is 20.2 Å². The van der Waals surface area contributed by atoms with Crippen LogP contribution in [0.1, 0.15) is 49.4 Å². The Morgan fingerprint density at radius 2 is 1.93 bits per heavy atom. The number of benzene rings is 2. The van der Waals surface area contributed by atoms with Gasteiger partial charge in [-0.05, 0) is 43.0 Å². The highest BCUT2D eigenvalue weighted by atomic mass is 16.5. The van der Waals surface area contributed by atoms with Gasteiger partial charge in [0, 0.05) is 24.6 Å². The minimum Gasteiger partial charge on any atom is -0.497 e. The number of hydrogen-bond acceptors (Lipinski definition) is 5. The molecule has 1 atom stereocenters. The number of piperidine rings is 1. The first-order valence-corrected chi connectivity index (χ1v) is 10.5. The molecule has 0 unspecified atom stereocenters. The summed E-state index contributed by atoms with van der Waals surface area (Å²) in [6, 6.07) is 17.6. The minimum absolute atomic E-state index is 0.0763. The van der Waals surface area contributed by atoms with Crippen molar-refractivity contribution in [1.29, 1.82) is 0 Å². The Morgan fingerprint density at radius 1 is 1.17 bits per heavy atom. The van der Waals surface area contributed by atoms with Crippen molar-refractivity contribution < 1.29 is 14.1 Å². The molecule has 1 amide bonds. The zero-order valence-corrected chi connectivity index (χ0v) is 17.5. The standard InChI is InChI=1S/C24H27N3O3/c1-3-21(17-8-5-4-6-9-17)24(28)27-14-12-18(13-15-27)22-25-23(30-26-22)19-10-7-11-20(16-19)29-2/h4-11,16,18,21H,3,12-15H2,1-2H3/t21-/m0/s1. The maximum atomic E-state index is 13.1. The number of nitrogens with zero attached hydrogens (tertiary/aromatic N) is 3. The number of likely N-dealkylation sites (tertiary alicyclic amines) is 1. The Morgan fingerprint density at radius 3 is 2.63 bits per heavy atom. The first-order chi connectivity index (χ1) is 14.7. The van der Waals surface area contributed by atoms with Crippen LogP contribution in [0.3, 0.4) is 0 Å². The molecule has 1 aliphatic heterocycles. The van der Waals surface area contributed by atoms with E-state index in [1.807, 2.05) is 59.5 Å². The third kappa shape index (κ3) is 4.22. The van der Waals surface area contributed by atoms with E-state index in [1.165, 1.54) is 0 Å². The van der Waals surface area contributed by atoms with Gasteiger partial charge in [-0.15, -0.1) is 0 Å². The van der Waals surface area contributed by atoms with Crippen molar-refractivity contribution in [1.82, 2.24) is 15.0 Å². The molecule has 3 aromatic rings. The summed E-state index contributed by atoms with van der Waals surface area (Å²) in [5.41, 5.74) is 1.93. The molecule has 0 radical (unpaired) electrons. The van der Waals surface area contributed by atoms with Crippen LogP contribution < -0.4 is 4.74 Å². The third-order valence-corrected chi connectivity index (χ3v) is 5.84. The summed E-state index contributed by atoms with van der Waals surface area (Å²) >= 11 is 0. The lowest BCUT2D eigenvalue weighted by Gasteiger charge is -2.33. The number of carbonyl (C=O) groups excluding carboxylic acids is 1. The highest BCUT2D eigenvalue weighted by Crippen LogP contribution is 2.31. The van der Waals surface area contributed by atoms with Gasteiger partial charge >= 0.3 is 0 Å². The fourth-order valence-electron chi connectivity index (χ4n) is 4.09. The van der Waals surface area contributed by atoms with Gasteiger partial charge in [-0.2, -0.15) is 4.98 Å². The first kappa shape index (κ1) is 20.1. The number of amides is 1. The van der Waals surface area contributed by atoms with Crippen LogP contribution in [0.25, 0.3) is 11.5 Å². The Kier molecular flexibility index (Phi) is 6.12. The van der Waals surface area contributed by atoms with Gasteiger partial charge in [0.05, 0.1) is 13.0 Å². The summed E-state index contributed by atoms with van der Waals surface area (Å²) < 4.78 is 10.8. The normalized spacial score (nSPS) is 15.7. The Labute approximate surface area is 176 Å². The van der Waals surface area contributed by atoms with Crippen molar-refractivity contribution in [3.63, 3.8) is 0 Å². The summed E-state index contributed by atoms with van der Waals surface area (Å²) in [7, 11) is 1.63. The summed E-state index contributed by atoms with van der Waals surface area (Å²) in [6.07, 6.45) is 2.49. The second-order valence-corrected chi connectivity index (χ2v) is 7.66. The van der Waals surface area contributed by atoms with E-state index in [4.69, 9.17) is 9.26 Å². The largest absolute Gasteiger partial charge is 0.497 e. The maximum Gasteiger partial charge on any atom is 0.258 e. The molecule has 30 heavy (non-hydrogen) atoms. The SMILES string of the molecule is CC[C@H](C(=O)N1CCC(c2noc(-c3cccc(OC)c3)n2)CC1)c1ccccc1. The zero-order valence-electron chi connectivity index (χ0n) is 17.5. The second kappa shape index (κ2) is 9.11. The van der Waals surface area contributed by atoms with Gasteiger partial charge in [0.25, 0.3) is 5.89 Å². The zero-order chi connectivity index (χ0) is 20.9. The van der Waals surface area contributed by atoms with Gasteiger partial charge in [0.1, 0.15) is 5.75 Å². The van der Waals surface area contributed by atoms with Crippen molar-refractivity contribution in [2.24, 2.45) is 0 Å². The average Bonchev–Trinajstić information content (AvgIpc) is 3.31. The predicted octanol–water partition coefficient (Wildman–Crippen LogP) is 4.65. The van der Waals surface area contributed by atoms with Gasteiger partial charge in [0.2, 0.25) is 5.91 Å². The Hall–Kier alpha value is -3.15. The number of methoxy groups -OCH3 is 1. The van der Waals surface area contributed by atoms with Crippen LogP contribution in [-0.4, -0.2) is 41.1 Å². The Balaban J connectivity index is 1.40. The second-order valence-electron chi connectivity index (χ2n) is 7.66. The molecule has 0 bridgehead atoms. The fraction of sp³-hybridized carbons (Fsp3) is 0.375. The van der Waals surface area contributed by atoms with Gasteiger partial charge in [-0.25, -0.2) is 0 Å². The van der Waals surface area contributed by atoms with E-state index in [1.54, 1.807) is 7.11 Å². The molecule has 2 heterocycles. The molecule has 0 N–H and O–H groups in total. The lowest BCUT2D eigenvalue weighted by atomic mass is 9.91. The molecular formula is C24H27N3O3. The number of rotatable bonds is 6. The molecule has 156 valence electrons. The van der Waals surface area contributed by atoms with E-state index in [-0.39, 0.29) is 17.7 Å². The van der Waals surface area contributed by atoms with Crippen LogP contribution in [0.2, 0.25) is 0 Å². The van der Waals surface area contributed by atoms with Crippen LogP contribution >= 0.6 is 0 Å². The molecule has 0 aliphatic carbocycles. The van der Waals surface area contributed by atoms with Crippen LogP contribution in [0.5, 0.6) is 5.75 Å². The van der Waals surface area contributed by atoms with Crippen molar-refractivity contribution in [2.45, 2.75) is 38.0 Å². The molecule has 6 nitrogen and oxygen atoms in total. The lowest BCUT2D eigenvalue weighted by molar-refractivity contribution is -0.134. The van der Waals surface area contributed by atoms with Crippen LogP contribution in [0, 0.1) is 0 Å². The summed E-state index contributed by atoms with van der Waals surface area (Å²) in [5, 5.41) is 4.21. The third-order valence-electron chi connectivity index (χ3n) is 5.84. The lowest BCUT2D eigenvalue weighted by Crippen LogP contribution is -2.40. The van der Waals surface area contributed by atoms with Crippen LogP contribution in [0.4, 0.5) is 0 Å². The number of hydrogen-bond donors (Lipinski definition) is 0. The summed E-state index contributed by atoms with van der Waals surface area (Å²) in [4.78, 5) is 19.7. The number of ether oxygens (including phenoxy) is 1.